The van der Waals surface area contributed by atoms with Gasteiger partial charge in [-0.3, -0.25) is 4.79 Å². The number of hydrogen-bond donors (Lipinski definition) is 1. The molecule has 2 aromatic rings. The molecular formula is C12H9F2NO2S. The summed E-state index contributed by atoms with van der Waals surface area (Å²) in [6.07, 6.45) is 0.199. The molecule has 2 rings (SSSR count). The van der Waals surface area contributed by atoms with Crippen LogP contribution in [0.2, 0.25) is 0 Å². The number of aromatic nitrogens is 1. The first kappa shape index (κ1) is 12.6. The van der Waals surface area contributed by atoms with E-state index in [1.54, 1.807) is 5.38 Å². The zero-order valence-electron chi connectivity index (χ0n) is 9.19. The molecule has 3 nitrogen and oxygen atoms in total. The predicted octanol–water partition coefficient (Wildman–Crippen LogP) is 3.11. The molecule has 0 aliphatic carbocycles. The van der Waals surface area contributed by atoms with Crippen molar-refractivity contribution in [3.05, 3.63) is 40.9 Å². The van der Waals surface area contributed by atoms with E-state index in [1.807, 2.05) is 0 Å². The Labute approximate surface area is 106 Å². The van der Waals surface area contributed by atoms with Gasteiger partial charge in [0.2, 0.25) is 0 Å². The third-order valence-corrected chi connectivity index (χ3v) is 3.23. The highest BCUT2D eigenvalue weighted by atomic mass is 32.1. The van der Waals surface area contributed by atoms with E-state index in [9.17, 15) is 13.6 Å². The van der Waals surface area contributed by atoms with Crippen molar-refractivity contribution >= 4 is 17.3 Å². The van der Waals surface area contributed by atoms with E-state index in [-0.39, 0.29) is 23.4 Å². The molecule has 6 heteroatoms. The number of carboxylic acids is 1. The molecule has 0 unspecified atom stereocenters. The SMILES string of the molecule is O=C(O)CCc1csc(-c2c(F)cccc2F)n1. The Kier molecular flexibility index (Phi) is 3.66. The smallest absolute Gasteiger partial charge is 0.303 e. The second kappa shape index (κ2) is 5.22. The van der Waals surface area contributed by atoms with Crippen LogP contribution in [0.5, 0.6) is 0 Å². The summed E-state index contributed by atoms with van der Waals surface area (Å²) in [5, 5.41) is 10.4. The van der Waals surface area contributed by atoms with E-state index < -0.39 is 17.6 Å². The molecule has 1 aromatic heterocycles. The number of nitrogens with zero attached hydrogens (tertiary/aromatic N) is 1. The first-order chi connectivity index (χ1) is 8.58. The molecule has 0 fully saturated rings. The fourth-order valence-corrected chi connectivity index (χ4v) is 2.37. The lowest BCUT2D eigenvalue weighted by Gasteiger charge is -2.00. The van der Waals surface area contributed by atoms with Gasteiger partial charge in [-0.1, -0.05) is 6.07 Å². The molecule has 0 saturated carbocycles. The van der Waals surface area contributed by atoms with Crippen molar-refractivity contribution in [2.75, 3.05) is 0 Å². The summed E-state index contributed by atoms with van der Waals surface area (Å²) in [6.45, 7) is 0. The van der Waals surface area contributed by atoms with Gasteiger partial charge in [0, 0.05) is 11.8 Å². The monoisotopic (exact) mass is 269 g/mol. The standard InChI is InChI=1S/C12H9F2NO2S/c13-8-2-1-3-9(14)11(8)12-15-7(6-18-12)4-5-10(16)17/h1-3,6H,4-5H2,(H,16,17). The first-order valence-electron chi connectivity index (χ1n) is 5.18. The van der Waals surface area contributed by atoms with Gasteiger partial charge < -0.3 is 5.11 Å². The number of carboxylic acid groups (broad SMARTS) is 1. The van der Waals surface area contributed by atoms with Crippen molar-refractivity contribution in [3.8, 4) is 10.6 Å². The highest BCUT2D eigenvalue weighted by Crippen LogP contribution is 2.29. The van der Waals surface area contributed by atoms with Crippen LogP contribution in [0, 0.1) is 11.6 Å². The number of thiazole rings is 1. The van der Waals surface area contributed by atoms with Gasteiger partial charge in [-0.2, -0.15) is 0 Å². The summed E-state index contributed by atoms with van der Waals surface area (Å²) >= 11 is 1.10. The number of aliphatic carboxylic acids is 1. The summed E-state index contributed by atoms with van der Waals surface area (Å²) in [5.74, 6) is -2.27. The lowest BCUT2D eigenvalue weighted by atomic mass is 10.2. The molecule has 1 heterocycles. The van der Waals surface area contributed by atoms with Crippen molar-refractivity contribution in [1.29, 1.82) is 0 Å². The topological polar surface area (TPSA) is 50.2 Å². The molecule has 0 atom stereocenters. The number of aryl methyl sites for hydroxylation is 1. The number of halogens is 2. The Morgan fingerprint density at radius 1 is 1.33 bits per heavy atom. The molecule has 0 bridgehead atoms. The zero-order valence-corrected chi connectivity index (χ0v) is 10.0. The van der Waals surface area contributed by atoms with Gasteiger partial charge in [0.05, 0.1) is 17.7 Å². The van der Waals surface area contributed by atoms with Crippen LogP contribution in [0.15, 0.2) is 23.6 Å². The maximum Gasteiger partial charge on any atom is 0.303 e. The third-order valence-electron chi connectivity index (χ3n) is 2.32. The van der Waals surface area contributed by atoms with Gasteiger partial charge in [-0.15, -0.1) is 11.3 Å². The lowest BCUT2D eigenvalue weighted by Crippen LogP contribution is -1.97. The zero-order chi connectivity index (χ0) is 13.1. The maximum absolute atomic E-state index is 13.5. The van der Waals surface area contributed by atoms with E-state index in [0.29, 0.717) is 5.69 Å². The Balaban J connectivity index is 2.27. The summed E-state index contributed by atoms with van der Waals surface area (Å²) in [6, 6.07) is 3.61. The Bertz CT molecular complexity index is 563. The van der Waals surface area contributed by atoms with Crippen LogP contribution in [-0.2, 0) is 11.2 Å². The number of benzene rings is 1. The summed E-state index contributed by atoms with van der Waals surface area (Å²) < 4.78 is 27.0. The Morgan fingerprint density at radius 3 is 2.61 bits per heavy atom. The third kappa shape index (κ3) is 2.70. The first-order valence-corrected chi connectivity index (χ1v) is 6.06. The Morgan fingerprint density at radius 2 is 2.00 bits per heavy atom. The Hall–Kier alpha value is -1.82. The minimum absolute atomic E-state index is 0.0527. The van der Waals surface area contributed by atoms with Crippen molar-refractivity contribution < 1.29 is 18.7 Å². The molecule has 0 spiro atoms. The molecule has 1 N–H and O–H groups in total. The van der Waals surface area contributed by atoms with Gasteiger partial charge in [0.25, 0.3) is 0 Å². The number of rotatable bonds is 4. The van der Waals surface area contributed by atoms with Crippen molar-refractivity contribution in [1.82, 2.24) is 4.98 Å². The molecule has 0 aliphatic rings. The molecule has 0 saturated heterocycles. The average Bonchev–Trinajstić information content (AvgIpc) is 2.75. The largest absolute Gasteiger partial charge is 0.481 e. The minimum Gasteiger partial charge on any atom is -0.481 e. The van der Waals surface area contributed by atoms with Crippen LogP contribution in [0.4, 0.5) is 8.78 Å². The van der Waals surface area contributed by atoms with Crippen LogP contribution >= 0.6 is 11.3 Å². The summed E-state index contributed by atoms with van der Waals surface area (Å²) in [5.41, 5.74) is 0.365. The number of carbonyl (C=O) groups is 1. The normalized spacial score (nSPS) is 10.6. The molecular weight excluding hydrogens is 260 g/mol. The van der Waals surface area contributed by atoms with Crippen LogP contribution in [0.25, 0.3) is 10.6 Å². The van der Waals surface area contributed by atoms with Crippen molar-refractivity contribution in [3.63, 3.8) is 0 Å². The fraction of sp³-hybridized carbons (Fsp3) is 0.167. The summed E-state index contributed by atoms with van der Waals surface area (Å²) in [7, 11) is 0. The molecule has 0 amide bonds. The van der Waals surface area contributed by atoms with E-state index in [1.165, 1.54) is 6.07 Å². The second-order valence-electron chi connectivity index (χ2n) is 3.63. The molecule has 94 valence electrons. The molecule has 1 aromatic carbocycles. The molecule has 0 aliphatic heterocycles. The highest BCUT2D eigenvalue weighted by molar-refractivity contribution is 7.13. The van der Waals surface area contributed by atoms with E-state index in [2.05, 4.69) is 4.98 Å². The minimum atomic E-state index is -0.929. The van der Waals surface area contributed by atoms with Gasteiger partial charge in [0.15, 0.2) is 0 Å². The van der Waals surface area contributed by atoms with Crippen molar-refractivity contribution in [2.24, 2.45) is 0 Å². The van der Waals surface area contributed by atoms with Gasteiger partial charge in [-0.05, 0) is 12.1 Å². The second-order valence-corrected chi connectivity index (χ2v) is 4.49. The van der Waals surface area contributed by atoms with Crippen LogP contribution < -0.4 is 0 Å². The van der Waals surface area contributed by atoms with Crippen LogP contribution in [-0.4, -0.2) is 16.1 Å². The molecule has 0 radical (unpaired) electrons. The van der Waals surface area contributed by atoms with Crippen molar-refractivity contribution in [2.45, 2.75) is 12.8 Å². The van der Waals surface area contributed by atoms with Gasteiger partial charge >= 0.3 is 5.97 Å². The van der Waals surface area contributed by atoms with E-state index in [4.69, 9.17) is 5.11 Å². The highest BCUT2D eigenvalue weighted by Gasteiger charge is 2.14. The van der Waals surface area contributed by atoms with Crippen LogP contribution in [0.1, 0.15) is 12.1 Å². The predicted molar refractivity (Wildman–Crippen MR) is 63.4 cm³/mol. The van der Waals surface area contributed by atoms with E-state index >= 15 is 0 Å². The molecule has 18 heavy (non-hydrogen) atoms. The fourth-order valence-electron chi connectivity index (χ4n) is 1.47. The van der Waals surface area contributed by atoms with Crippen LogP contribution in [0.3, 0.4) is 0 Å². The van der Waals surface area contributed by atoms with E-state index in [0.717, 1.165) is 23.5 Å². The summed E-state index contributed by atoms with van der Waals surface area (Å²) in [4.78, 5) is 14.5. The maximum atomic E-state index is 13.5. The van der Waals surface area contributed by atoms with Gasteiger partial charge in [0.1, 0.15) is 16.6 Å². The number of hydrogen-bond acceptors (Lipinski definition) is 3. The van der Waals surface area contributed by atoms with Gasteiger partial charge in [-0.25, -0.2) is 13.8 Å². The quantitative estimate of drug-likeness (QED) is 0.927. The average molecular weight is 269 g/mol. The lowest BCUT2D eigenvalue weighted by molar-refractivity contribution is -0.136.